The summed E-state index contributed by atoms with van der Waals surface area (Å²) in [5, 5.41) is -0.430. The zero-order valence-corrected chi connectivity index (χ0v) is 8.93. The summed E-state index contributed by atoms with van der Waals surface area (Å²) in [5.41, 5.74) is 2.59. The van der Waals surface area contributed by atoms with Crippen LogP contribution in [-0.4, -0.2) is 19.7 Å². The molecule has 13 heavy (non-hydrogen) atoms. The molecule has 1 saturated carbocycles. The third-order valence-electron chi connectivity index (χ3n) is 2.50. The molecule has 1 aliphatic carbocycles. The molecule has 0 amide bonds. The maximum absolute atomic E-state index is 11.3. The van der Waals surface area contributed by atoms with Crippen molar-refractivity contribution in [2.45, 2.75) is 50.8 Å². The number of hydroxylamine groups is 1. The van der Waals surface area contributed by atoms with Crippen LogP contribution in [0.15, 0.2) is 0 Å². The zero-order valence-electron chi connectivity index (χ0n) is 8.12. The summed E-state index contributed by atoms with van der Waals surface area (Å²) < 4.78 is 27.4. The molecule has 0 bridgehead atoms. The molecule has 1 atom stereocenters. The summed E-state index contributed by atoms with van der Waals surface area (Å²) in [6.45, 7) is 3.48. The Bertz CT molecular complexity index is 246. The largest absolute Gasteiger partial charge is 0.285 e. The molecule has 1 unspecified atom stereocenters. The Hall–Kier alpha value is -0.130. The molecular formula is C8H17NO3S. The van der Waals surface area contributed by atoms with Gasteiger partial charge in [0, 0.05) is 6.04 Å². The molecule has 0 aromatic heterocycles. The van der Waals surface area contributed by atoms with E-state index in [1.54, 1.807) is 6.92 Å². The Balaban J connectivity index is 2.33. The van der Waals surface area contributed by atoms with Crippen molar-refractivity contribution in [2.24, 2.45) is 0 Å². The van der Waals surface area contributed by atoms with E-state index in [2.05, 4.69) is 5.48 Å². The summed E-state index contributed by atoms with van der Waals surface area (Å²) in [6, 6.07) is 0.235. The maximum atomic E-state index is 11.3. The van der Waals surface area contributed by atoms with Crippen molar-refractivity contribution < 1.29 is 12.7 Å². The third-order valence-corrected chi connectivity index (χ3v) is 4.15. The van der Waals surface area contributed by atoms with E-state index in [1.165, 1.54) is 0 Å². The highest BCUT2D eigenvalue weighted by molar-refractivity contribution is 7.87. The maximum Gasteiger partial charge on any atom is 0.285 e. The Kier molecular flexibility index (Phi) is 3.70. The van der Waals surface area contributed by atoms with Gasteiger partial charge in [0.25, 0.3) is 10.1 Å². The summed E-state index contributed by atoms with van der Waals surface area (Å²) in [5.74, 6) is 0. The Morgan fingerprint density at radius 3 is 2.54 bits per heavy atom. The molecule has 0 spiro atoms. The van der Waals surface area contributed by atoms with E-state index in [9.17, 15) is 8.42 Å². The van der Waals surface area contributed by atoms with E-state index in [0.29, 0.717) is 6.42 Å². The number of nitrogens with one attached hydrogen (secondary N) is 1. The lowest BCUT2D eigenvalue weighted by atomic mass is 9.94. The molecule has 0 aromatic rings. The highest BCUT2D eigenvalue weighted by atomic mass is 32.2. The second-order valence-corrected chi connectivity index (χ2v) is 5.50. The highest BCUT2D eigenvalue weighted by Crippen LogP contribution is 2.18. The molecule has 0 radical (unpaired) electrons. The molecule has 0 aromatic carbocycles. The fraction of sp³-hybridized carbons (Fsp3) is 1.00. The van der Waals surface area contributed by atoms with Gasteiger partial charge in [0.2, 0.25) is 0 Å². The zero-order chi connectivity index (χ0) is 9.90. The normalized spacial score (nSPS) is 21.1. The molecule has 78 valence electrons. The fourth-order valence-corrected chi connectivity index (χ4v) is 1.79. The second-order valence-electron chi connectivity index (χ2n) is 3.54. The van der Waals surface area contributed by atoms with E-state index < -0.39 is 15.4 Å². The lowest BCUT2D eigenvalue weighted by Crippen LogP contribution is -2.38. The summed E-state index contributed by atoms with van der Waals surface area (Å²) in [6.07, 6.45) is 3.76. The van der Waals surface area contributed by atoms with E-state index in [0.717, 1.165) is 19.3 Å². The molecule has 4 nitrogen and oxygen atoms in total. The van der Waals surface area contributed by atoms with Crippen LogP contribution in [0.4, 0.5) is 0 Å². The lowest BCUT2D eigenvalue weighted by Gasteiger charge is -2.25. The van der Waals surface area contributed by atoms with E-state index >= 15 is 0 Å². The van der Waals surface area contributed by atoms with Crippen LogP contribution in [0, 0.1) is 0 Å². The van der Waals surface area contributed by atoms with Crippen LogP contribution in [0.1, 0.15) is 39.5 Å². The van der Waals surface area contributed by atoms with Crippen molar-refractivity contribution in [3.05, 3.63) is 0 Å². The van der Waals surface area contributed by atoms with E-state index in [4.69, 9.17) is 4.28 Å². The van der Waals surface area contributed by atoms with Crippen molar-refractivity contribution in [1.29, 1.82) is 0 Å². The third kappa shape index (κ3) is 2.93. The first-order valence-electron chi connectivity index (χ1n) is 4.74. The second kappa shape index (κ2) is 4.39. The molecule has 1 rings (SSSR count). The van der Waals surface area contributed by atoms with Crippen LogP contribution in [0.25, 0.3) is 0 Å². The van der Waals surface area contributed by atoms with Crippen LogP contribution in [-0.2, 0) is 14.4 Å². The number of rotatable bonds is 5. The van der Waals surface area contributed by atoms with E-state index in [1.807, 2.05) is 6.92 Å². The van der Waals surface area contributed by atoms with Gasteiger partial charge in [-0.1, -0.05) is 13.3 Å². The summed E-state index contributed by atoms with van der Waals surface area (Å²) in [7, 11) is -3.39. The average Bonchev–Trinajstić information content (AvgIpc) is 1.99. The molecule has 5 heteroatoms. The predicted octanol–water partition coefficient (Wildman–Crippen LogP) is 1.19. The van der Waals surface area contributed by atoms with Crippen LogP contribution in [0.3, 0.4) is 0 Å². The van der Waals surface area contributed by atoms with Crippen LogP contribution in [0.5, 0.6) is 0 Å². The van der Waals surface area contributed by atoms with Crippen molar-refractivity contribution in [2.75, 3.05) is 0 Å². The van der Waals surface area contributed by atoms with Gasteiger partial charge in [-0.25, -0.2) is 0 Å². The first-order chi connectivity index (χ1) is 6.06. The first kappa shape index (κ1) is 10.9. The summed E-state index contributed by atoms with van der Waals surface area (Å²) in [4.78, 5) is 0. The molecule has 0 heterocycles. The van der Waals surface area contributed by atoms with Crippen molar-refractivity contribution in [3.63, 3.8) is 0 Å². The van der Waals surface area contributed by atoms with Gasteiger partial charge in [0.1, 0.15) is 0 Å². The van der Waals surface area contributed by atoms with Crippen LogP contribution >= 0.6 is 0 Å². The highest BCUT2D eigenvalue weighted by Gasteiger charge is 2.24. The lowest BCUT2D eigenvalue weighted by molar-refractivity contribution is 0.120. The first-order valence-corrected chi connectivity index (χ1v) is 6.21. The van der Waals surface area contributed by atoms with Crippen LogP contribution < -0.4 is 5.48 Å². The van der Waals surface area contributed by atoms with Gasteiger partial charge < -0.3 is 0 Å². The van der Waals surface area contributed by atoms with E-state index in [-0.39, 0.29) is 6.04 Å². The monoisotopic (exact) mass is 207 g/mol. The Labute approximate surface area is 79.7 Å². The minimum atomic E-state index is -3.39. The molecular weight excluding hydrogens is 190 g/mol. The molecule has 1 N–H and O–H groups in total. The van der Waals surface area contributed by atoms with Gasteiger partial charge in [0.05, 0.1) is 5.25 Å². The van der Waals surface area contributed by atoms with Crippen LogP contribution in [0.2, 0.25) is 0 Å². The van der Waals surface area contributed by atoms with Gasteiger partial charge in [0.15, 0.2) is 0 Å². The Morgan fingerprint density at radius 1 is 1.54 bits per heavy atom. The van der Waals surface area contributed by atoms with Gasteiger partial charge in [-0.3, -0.25) is 0 Å². The minimum absolute atomic E-state index is 0.235. The topological polar surface area (TPSA) is 55.4 Å². The quantitative estimate of drug-likeness (QED) is 0.688. The van der Waals surface area contributed by atoms with Gasteiger partial charge >= 0.3 is 0 Å². The number of hydrogen-bond donors (Lipinski definition) is 1. The summed E-state index contributed by atoms with van der Waals surface area (Å²) >= 11 is 0. The SMILES string of the molecule is CCC(C)S(=O)(=O)ONC1CCC1. The Morgan fingerprint density at radius 2 is 2.15 bits per heavy atom. The number of hydrogen-bond acceptors (Lipinski definition) is 4. The molecule has 1 fully saturated rings. The minimum Gasteiger partial charge on any atom is -0.198 e. The fourth-order valence-electron chi connectivity index (χ4n) is 0.947. The smallest absolute Gasteiger partial charge is 0.198 e. The molecule has 0 aliphatic heterocycles. The average molecular weight is 207 g/mol. The van der Waals surface area contributed by atoms with Crippen molar-refractivity contribution >= 4 is 10.1 Å². The molecule has 0 saturated heterocycles. The van der Waals surface area contributed by atoms with Gasteiger partial charge in [-0.05, 0) is 26.2 Å². The van der Waals surface area contributed by atoms with Crippen molar-refractivity contribution in [3.8, 4) is 0 Å². The van der Waals surface area contributed by atoms with Gasteiger partial charge in [-0.2, -0.15) is 18.2 Å². The predicted molar refractivity (Wildman–Crippen MR) is 50.5 cm³/mol. The van der Waals surface area contributed by atoms with Crippen molar-refractivity contribution in [1.82, 2.24) is 5.48 Å². The molecule has 1 aliphatic rings. The van der Waals surface area contributed by atoms with Gasteiger partial charge in [-0.15, -0.1) is 0 Å². The standard InChI is InChI=1S/C8H17NO3S/c1-3-7(2)13(10,11)12-9-8-5-4-6-8/h7-9H,3-6H2,1-2H3.